The van der Waals surface area contributed by atoms with Crippen LogP contribution in [0.5, 0.6) is 0 Å². The molecule has 3 rings (SSSR count). The number of allylic oxidation sites excluding steroid dienone is 5. The highest BCUT2D eigenvalue weighted by Gasteiger charge is 2.01. The standard InChI is InChI=1S/C17H18N2.C9H10.C6H15N.C2H4/c1-4-5-6-16(12-18-3)14-9-10-17-15(11-14)8-7-13(2)19-17;1-2-6-9-7-4-3-5-8-9;1-4-5-7-6(2)3;1-2/h4-12,18H,1H2,2-3H3;2-5,7-8H,1,6H2;6-7H,4-5H2,1-3H3;1-2H2/b6-5-,16-12+;;;. The molecular formula is C34H47N3. The van der Waals surface area contributed by atoms with Gasteiger partial charge in [-0.25, -0.2) is 0 Å². The number of aryl methyl sites for hydroxylation is 1. The molecular weight excluding hydrogens is 450 g/mol. The fourth-order valence-corrected chi connectivity index (χ4v) is 3.18. The molecule has 3 nitrogen and oxygen atoms in total. The van der Waals surface area contributed by atoms with Gasteiger partial charge in [0.25, 0.3) is 0 Å². The van der Waals surface area contributed by atoms with E-state index in [1.54, 1.807) is 6.08 Å². The van der Waals surface area contributed by atoms with Crippen LogP contribution < -0.4 is 10.6 Å². The molecule has 0 amide bonds. The maximum Gasteiger partial charge on any atom is 0.0705 e. The Morgan fingerprint density at radius 2 is 1.70 bits per heavy atom. The van der Waals surface area contributed by atoms with Crippen molar-refractivity contribution in [2.45, 2.75) is 46.6 Å². The normalized spacial score (nSPS) is 10.4. The van der Waals surface area contributed by atoms with Crippen molar-refractivity contribution in [1.29, 1.82) is 0 Å². The summed E-state index contributed by atoms with van der Waals surface area (Å²) >= 11 is 0. The Morgan fingerprint density at radius 1 is 1.00 bits per heavy atom. The molecule has 0 radical (unpaired) electrons. The largest absolute Gasteiger partial charge is 0.393 e. The SMILES string of the molecule is C=C.C=C/C=C\C(=C/NC)c1ccc2nc(C)ccc2c1.C=CCc1ccccc1.CCCNC(C)C. The predicted molar refractivity (Wildman–Crippen MR) is 168 cm³/mol. The van der Waals surface area contributed by atoms with Crippen molar-refractivity contribution < 1.29 is 0 Å². The van der Waals surface area contributed by atoms with Gasteiger partial charge < -0.3 is 10.6 Å². The minimum absolute atomic E-state index is 0.653. The Balaban J connectivity index is 0.000000598. The molecule has 0 aliphatic heterocycles. The first-order chi connectivity index (χ1) is 17.9. The second-order valence-corrected chi connectivity index (χ2v) is 8.43. The van der Waals surface area contributed by atoms with Crippen molar-refractivity contribution in [3.8, 4) is 0 Å². The van der Waals surface area contributed by atoms with Crippen molar-refractivity contribution in [2.75, 3.05) is 13.6 Å². The monoisotopic (exact) mass is 497 g/mol. The second kappa shape index (κ2) is 21.6. The van der Waals surface area contributed by atoms with E-state index in [0.29, 0.717) is 6.04 Å². The van der Waals surface area contributed by atoms with Crippen LogP contribution in [0.2, 0.25) is 0 Å². The highest BCUT2D eigenvalue weighted by molar-refractivity contribution is 5.85. The van der Waals surface area contributed by atoms with Gasteiger partial charge in [0.05, 0.1) is 5.52 Å². The van der Waals surface area contributed by atoms with Crippen LogP contribution in [0.4, 0.5) is 0 Å². The Labute approximate surface area is 226 Å². The Hall–Kier alpha value is -3.69. The van der Waals surface area contributed by atoms with E-state index in [1.807, 2.05) is 62.7 Å². The van der Waals surface area contributed by atoms with Gasteiger partial charge in [0.15, 0.2) is 0 Å². The van der Waals surface area contributed by atoms with Crippen molar-refractivity contribution in [1.82, 2.24) is 15.6 Å². The lowest BCUT2D eigenvalue weighted by Gasteiger charge is -2.05. The van der Waals surface area contributed by atoms with Crippen molar-refractivity contribution >= 4 is 16.5 Å². The van der Waals surface area contributed by atoms with E-state index in [-0.39, 0.29) is 0 Å². The van der Waals surface area contributed by atoms with Gasteiger partial charge in [-0.15, -0.1) is 19.7 Å². The topological polar surface area (TPSA) is 37.0 Å². The molecule has 0 aliphatic rings. The number of fused-ring (bicyclic) bond motifs is 1. The predicted octanol–water partition coefficient (Wildman–Crippen LogP) is 8.46. The molecule has 0 aliphatic carbocycles. The van der Waals surface area contributed by atoms with Gasteiger partial charge in [-0.2, -0.15) is 0 Å². The van der Waals surface area contributed by atoms with Crippen molar-refractivity contribution in [2.24, 2.45) is 0 Å². The van der Waals surface area contributed by atoms with Crippen molar-refractivity contribution in [3.63, 3.8) is 0 Å². The van der Waals surface area contributed by atoms with E-state index < -0.39 is 0 Å². The maximum atomic E-state index is 4.51. The van der Waals surface area contributed by atoms with Gasteiger partial charge in [-0.1, -0.05) is 94.1 Å². The molecule has 0 fully saturated rings. The third-order valence-electron chi connectivity index (χ3n) is 4.90. The van der Waals surface area contributed by atoms with E-state index in [2.05, 4.69) is 99.1 Å². The lowest BCUT2D eigenvalue weighted by atomic mass is 10.0. The average molecular weight is 498 g/mol. The van der Waals surface area contributed by atoms with E-state index in [4.69, 9.17) is 0 Å². The number of hydrogen-bond donors (Lipinski definition) is 2. The fourth-order valence-electron chi connectivity index (χ4n) is 3.18. The van der Waals surface area contributed by atoms with Gasteiger partial charge >= 0.3 is 0 Å². The number of aromatic nitrogens is 1. The second-order valence-electron chi connectivity index (χ2n) is 8.43. The Bertz CT molecular complexity index is 1080. The molecule has 0 saturated heterocycles. The maximum absolute atomic E-state index is 4.51. The van der Waals surface area contributed by atoms with Crippen LogP contribution in [-0.2, 0) is 6.42 Å². The summed E-state index contributed by atoms with van der Waals surface area (Å²) in [5, 5.41) is 7.51. The van der Waals surface area contributed by atoms with E-state index >= 15 is 0 Å². The summed E-state index contributed by atoms with van der Waals surface area (Å²) < 4.78 is 0. The lowest BCUT2D eigenvalue weighted by Crippen LogP contribution is -2.22. The first-order valence-electron chi connectivity index (χ1n) is 12.9. The summed E-state index contributed by atoms with van der Waals surface area (Å²) in [6.07, 6.45) is 11.8. The van der Waals surface area contributed by atoms with E-state index in [9.17, 15) is 0 Å². The zero-order valence-corrected chi connectivity index (χ0v) is 23.6. The van der Waals surface area contributed by atoms with E-state index in [1.165, 1.54) is 12.0 Å². The van der Waals surface area contributed by atoms with Gasteiger partial charge in [-0.3, -0.25) is 4.98 Å². The molecule has 0 bridgehead atoms. The highest BCUT2D eigenvalue weighted by atomic mass is 14.9. The zero-order valence-electron chi connectivity index (χ0n) is 23.6. The van der Waals surface area contributed by atoms with Crippen LogP contribution in [0.25, 0.3) is 16.5 Å². The molecule has 3 aromatic rings. The fraction of sp³-hybridized carbons (Fsp3) is 0.265. The number of benzene rings is 2. The van der Waals surface area contributed by atoms with Gasteiger partial charge in [0.2, 0.25) is 0 Å². The lowest BCUT2D eigenvalue weighted by molar-refractivity contribution is 0.584. The van der Waals surface area contributed by atoms with E-state index in [0.717, 1.165) is 40.7 Å². The average Bonchev–Trinajstić information content (AvgIpc) is 2.92. The van der Waals surface area contributed by atoms with Crippen LogP contribution >= 0.6 is 0 Å². The Kier molecular flexibility index (Phi) is 19.4. The summed E-state index contributed by atoms with van der Waals surface area (Å²) in [7, 11) is 1.90. The number of pyridine rings is 1. The van der Waals surface area contributed by atoms with Crippen LogP contribution in [0.1, 0.15) is 44.0 Å². The third-order valence-corrected chi connectivity index (χ3v) is 4.90. The zero-order chi connectivity index (χ0) is 27.9. The quantitative estimate of drug-likeness (QED) is 0.230. The molecule has 0 atom stereocenters. The number of nitrogens with one attached hydrogen (secondary N) is 2. The first-order valence-corrected chi connectivity index (χ1v) is 12.9. The summed E-state index contributed by atoms with van der Waals surface area (Å²) in [6, 6.07) is 21.4. The van der Waals surface area contributed by atoms with Gasteiger partial charge in [0.1, 0.15) is 0 Å². The summed E-state index contributed by atoms with van der Waals surface area (Å²) in [5.41, 5.74) is 5.67. The van der Waals surface area contributed by atoms with Crippen molar-refractivity contribution in [3.05, 3.63) is 134 Å². The third kappa shape index (κ3) is 15.1. The van der Waals surface area contributed by atoms with Crippen LogP contribution in [0.3, 0.4) is 0 Å². The number of rotatable bonds is 9. The summed E-state index contributed by atoms with van der Waals surface area (Å²) in [6.45, 7) is 23.0. The van der Waals surface area contributed by atoms with Gasteiger partial charge in [-0.05, 0) is 61.2 Å². The molecule has 37 heavy (non-hydrogen) atoms. The van der Waals surface area contributed by atoms with Gasteiger partial charge in [0, 0.05) is 30.4 Å². The highest BCUT2D eigenvalue weighted by Crippen LogP contribution is 2.21. The first kappa shape index (κ1) is 33.3. The molecule has 2 N–H and O–H groups in total. The molecule has 2 aromatic carbocycles. The molecule has 0 unspecified atom stereocenters. The van der Waals surface area contributed by atoms with Crippen LogP contribution in [-0.4, -0.2) is 24.6 Å². The number of hydrogen-bond acceptors (Lipinski definition) is 3. The molecule has 0 saturated carbocycles. The number of nitrogens with zero attached hydrogens (tertiary/aromatic N) is 1. The molecule has 198 valence electrons. The van der Waals surface area contributed by atoms with Crippen LogP contribution in [0, 0.1) is 6.92 Å². The molecule has 1 heterocycles. The summed E-state index contributed by atoms with van der Waals surface area (Å²) in [5.74, 6) is 0. The smallest absolute Gasteiger partial charge is 0.0705 e. The molecule has 0 spiro atoms. The minimum Gasteiger partial charge on any atom is -0.393 e. The molecule has 1 aromatic heterocycles. The molecule has 3 heteroatoms. The Morgan fingerprint density at radius 3 is 2.24 bits per heavy atom. The van der Waals surface area contributed by atoms with Crippen LogP contribution in [0.15, 0.2) is 117 Å². The minimum atomic E-state index is 0.653. The summed E-state index contributed by atoms with van der Waals surface area (Å²) in [4.78, 5) is 4.51.